The molecule has 7 aromatic carbocycles. The summed E-state index contributed by atoms with van der Waals surface area (Å²) in [6.07, 6.45) is 3.26. The van der Waals surface area contributed by atoms with Crippen LogP contribution in [0.4, 0.5) is 17.1 Å². The fourth-order valence-corrected chi connectivity index (χ4v) is 11.9. The van der Waals surface area contributed by atoms with Crippen LogP contribution in [0.2, 0.25) is 0 Å². The van der Waals surface area contributed by atoms with Gasteiger partial charge in [0.05, 0.1) is 31.8 Å². The van der Waals surface area contributed by atoms with Crippen molar-refractivity contribution >= 4 is 60.2 Å². The lowest BCUT2D eigenvalue weighted by Gasteiger charge is -2.42. The van der Waals surface area contributed by atoms with Crippen molar-refractivity contribution in [1.82, 2.24) is 9.97 Å². The third kappa shape index (κ3) is 6.05. The first-order valence-corrected chi connectivity index (χ1v) is 22.4. The number of hydrogen-bond donors (Lipinski definition) is 0. The van der Waals surface area contributed by atoms with Crippen molar-refractivity contribution in [2.75, 3.05) is 4.90 Å². The summed E-state index contributed by atoms with van der Waals surface area (Å²) >= 11 is 3.50. The number of rotatable bonds is 6. The fraction of sp³-hybridized carbons (Fsp3) is 0.185. The number of aromatic nitrogens is 2. The second-order valence-corrected chi connectivity index (χ2v) is 19.4. The van der Waals surface area contributed by atoms with Gasteiger partial charge in [-0.3, -0.25) is 0 Å². The molecule has 9 aromatic rings. The Morgan fingerprint density at radius 2 is 1.03 bits per heavy atom. The predicted molar refractivity (Wildman–Crippen MR) is 250 cm³/mol. The van der Waals surface area contributed by atoms with E-state index >= 15 is 0 Å². The molecule has 0 saturated carbocycles. The molecule has 59 heavy (non-hydrogen) atoms. The number of benzene rings is 7. The number of aryl methyl sites for hydroxylation is 1. The first kappa shape index (κ1) is 36.2. The number of hydrogen-bond acceptors (Lipinski definition) is 5. The third-order valence-corrected chi connectivity index (χ3v) is 15.3. The van der Waals surface area contributed by atoms with Crippen molar-refractivity contribution in [3.8, 4) is 21.1 Å². The minimum Gasteiger partial charge on any atom is -0.310 e. The molecule has 2 aliphatic rings. The van der Waals surface area contributed by atoms with Gasteiger partial charge in [-0.2, -0.15) is 0 Å². The van der Waals surface area contributed by atoms with Crippen LogP contribution in [0.5, 0.6) is 0 Å². The molecule has 3 heterocycles. The maximum atomic E-state index is 5.14. The smallest absolute Gasteiger partial charge is 0.124 e. The van der Waals surface area contributed by atoms with Crippen LogP contribution in [0.25, 0.3) is 41.6 Å². The molecule has 0 bridgehead atoms. The van der Waals surface area contributed by atoms with E-state index in [1.165, 1.54) is 60.6 Å². The van der Waals surface area contributed by atoms with Crippen LogP contribution in [0.3, 0.4) is 0 Å². The van der Waals surface area contributed by atoms with Gasteiger partial charge in [-0.05, 0) is 113 Å². The van der Waals surface area contributed by atoms with E-state index < -0.39 is 0 Å². The van der Waals surface area contributed by atoms with E-state index in [2.05, 4.69) is 190 Å². The van der Waals surface area contributed by atoms with Crippen LogP contribution in [0.15, 0.2) is 158 Å². The van der Waals surface area contributed by atoms with E-state index in [-0.39, 0.29) is 10.8 Å². The lowest BCUT2D eigenvalue weighted by Crippen LogP contribution is -2.30. The molecule has 1 atom stereocenters. The number of fused-ring (bicyclic) bond motifs is 6. The molecule has 0 fully saturated rings. The molecular weight excluding hydrogens is 755 g/mol. The monoisotopic (exact) mass is 799 g/mol. The van der Waals surface area contributed by atoms with Crippen LogP contribution < -0.4 is 4.90 Å². The molecule has 3 nitrogen and oxygen atoms in total. The van der Waals surface area contributed by atoms with Gasteiger partial charge in [-0.1, -0.05) is 137 Å². The fourth-order valence-electron chi connectivity index (χ4n) is 9.96. The van der Waals surface area contributed by atoms with Gasteiger partial charge in [0.15, 0.2) is 0 Å². The summed E-state index contributed by atoms with van der Waals surface area (Å²) in [4.78, 5) is 12.7. The van der Waals surface area contributed by atoms with Crippen molar-refractivity contribution in [1.29, 1.82) is 0 Å². The normalized spacial score (nSPS) is 16.3. The van der Waals surface area contributed by atoms with E-state index in [0.717, 1.165) is 56.3 Å². The van der Waals surface area contributed by atoms with Crippen LogP contribution in [0, 0.1) is 0 Å². The largest absolute Gasteiger partial charge is 0.310 e. The molecule has 1 aliphatic carbocycles. The van der Waals surface area contributed by atoms with Crippen molar-refractivity contribution < 1.29 is 0 Å². The molecule has 288 valence electrons. The van der Waals surface area contributed by atoms with Gasteiger partial charge >= 0.3 is 0 Å². The maximum Gasteiger partial charge on any atom is 0.124 e. The lowest BCUT2D eigenvalue weighted by atomic mass is 9.73. The van der Waals surface area contributed by atoms with Crippen molar-refractivity contribution in [2.24, 2.45) is 0 Å². The Kier molecular flexibility index (Phi) is 8.51. The summed E-state index contributed by atoms with van der Waals surface area (Å²) in [6.45, 7) is 9.43. The Labute approximate surface area is 354 Å². The summed E-state index contributed by atoms with van der Waals surface area (Å²) in [7, 11) is 0. The van der Waals surface area contributed by atoms with Crippen LogP contribution in [0.1, 0.15) is 79.0 Å². The number of thiazole rings is 2. The second-order valence-electron chi connectivity index (χ2n) is 17.4. The highest BCUT2D eigenvalue weighted by molar-refractivity contribution is 7.23. The first-order chi connectivity index (χ1) is 28.7. The van der Waals surface area contributed by atoms with E-state index in [0.29, 0.717) is 5.92 Å². The summed E-state index contributed by atoms with van der Waals surface area (Å²) in [5.74, 6) is 0.490. The maximum absolute atomic E-state index is 5.14. The molecule has 5 heteroatoms. The van der Waals surface area contributed by atoms with Crippen molar-refractivity contribution in [3.05, 3.63) is 197 Å². The first-order valence-electron chi connectivity index (χ1n) is 20.8. The molecule has 0 saturated heterocycles. The molecule has 0 radical (unpaired) electrons. The standard InChI is InChI=1S/C54H45N3S2/c1-53(2)41-15-7-5-13-38(41)31-37(40-14-6-8-16-42(40)53)26-23-34-21-24-35(25-22-34)51-55-45-32-50-46(33-49(45)58-51)56-52(59-50)36-27-29-39(30-28-36)57-47-19-11-9-17-43(47)54(3,4)44-18-10-12-20-48(44)57/h5-22,24-25,27-30,32-33,37H,23,26,31H2,1-4H3. The third-order valence-electron chi connectivity index (χ3n) is 13.1. The topological polar surface area (TPSA) is 29.0 Å². The minimum absolute atomic E-state index is 0.00554. The van der Waals surface area contributed by atoms with E-state index in [1.807, 2.05) is 0 Å². The highest BCUT2D eigenvalue weighted by atomic mass is 32.1. The Bertz CT molecular complexity index is 2940. The number of anilines is 3. The molecular formula is C54H45N3S2. The van der Waals surface area contributed by atoms with Crippen LogP contribution in [-0.2, 0) is 23.7 Å². The van der Waals surface area contributed by atoms with Crippen LogP contribution >= 0.6 is 22.7 Å². The molecule has 0 spiro atoms. The van der Waals surface area contributed by atoms with Gasteiger partial charge in [0.1, 0.15) is 10.0 Å². The zero-order valence-corrected chi connectivity index (χ0v) is 35.5. The van der Waals surface area contributed by atoms with Gasteiger partial charge < -0.3 is 4.90 Å². The predicted octanol–water partition coefficient (Wildman–Crippen LogP) is 14.9. The Morgan fingerprint density at radius 1 is 0.542 bits per heavy atom. The highest BCUT2D eigenvalue weighted by Gasteiger charge is 2.37. The van der Waals surface area contributed by atoms with Gasteiger partial charge in [-0.15, -0.1) is 22.7 Å². The Morgan fingerprint density at radius 3 is 1.64 bits per heavy atom. The van der Waals surface area contributed by atoms with E-state index in [9.17, 15) is 0 Å². The lowest BCUT2D eigenvalue weighted by molar-refractivity contribution is 0.611. The molecule has 11 rings (SSSR count). The van der Waals surface area contributed by atoms with Crippen molar-refractivity contribution in [3.63, 3.8) is 0 Å². The summed E-state index contributed by atoms with van der Waals surface area (Å²) in [6, 6.07) is 58.3. The van der Waals surface area contributed by atoms with E-state index in [1.54, 1.807) is 22.7 Å². The van der Waals surface area contributed by atoms with Gasteiger partial charge in [-0.25, -0.2) is 9.97 Å². The molecule has 1 unspecified atom stereocenters. The molecule has 2 aromatic heterocycles. The number of nitrogens with zero attached hydrogens (tertiary/aromatic N) is 3. The Balaban J connectivity index is 0.819. The molecule has 1 aliphatic heterocycles. The molecule has 0 amide bonds. The van der Waals surface area contributed by atoms with Gasteiger partial charge in [0.25, 0.3) is 0 Å². The van der Waals surface area contributed by atoms with Gasteiger partial charge in [0.2, 0.25) is 0 Å². The quantitative estimate of drug-likeness (QED) is 0.168. The minimum atomic E-state index is -0.0757. The second kappa shape index (κ2) is 13.9. The van der Waals surface area contributed by atoms with Crippen molar-refractivity contribution in [2.45, 2.75) is 63.7 Å². The summed E-state index contributed by atoms with van der Waals surface area (Å²) < 4.78 is 2.33. The molecule has 0 N–H and O–H groups in total. The average Bonchev–Trinajstić information content (AvgIpc) is 3.86. The van der Waals surface area contributed by atoms with Crippen LogP contribution in [-0.4, -0.2) is 9.97 Å². The highest BCUT2D eigenvalue weighted by Crippen LogP contribution is 2.52. The summed E-state index contributed by atoms with van der Waals surface area (Å²) in [5, 5.41) is 2.08. The SMILES string of the molecule is CC1(C)c2ccccc2CC(CCc2ccc(-c3nc4cc5sc(-c6ccc(N7c8ccccc8C(C)(C)c8ccccc87)cc6)nc5cc4s3)cc2)c2ccccc21. The summed E-state index contributed by atoms with van der Waals surface area (Å²) in [5.41, 5.74) is 17.9. The number of para-hydroxylation sites is 2. The zero-order chi connectivity index (χ0) is 39.9. The Hall–Kier alpha value is -5.88. The average molecular weight is 800 g/mol. The van der Waals surface area contributed by atoms with E-state index in [4.69, 9.17) is 9.97 Å². The van der Waals surface area contributed by atoms with Gasteiger partial charge in [0, 0.05) is 27.6 Å². The zero-order valence-electron chi connectivity index (χ0n) is 33.9.